The molecule has 104 valence electrons. The number of ether oxygens (including phenoxy) is 1. The molecule has 0 radical (unpaired) electrons. The van der Waals surface area contributed by atoms with Gasteiger partial charge in [0.05, 0.1) is 11.7 Å². The minimum Gasteiger partial charge on any atom is -0.370 e. The number of pyridine rings is 1. The monoisotopic (exact) mass is 260 g/mol. The van der Waals surface area contributed by atoms with E-state index < -0.39 is 0 Å². The van der Waals surface area contributed by atoms with Crippen molar-refractivity contribution in [1.29, 1.82) is 0 Å². The van der Waals surface area contributed by atoms with Crippen molar-refractivity contribution < 1.29 is 4.74 Å². The third-order valence-corrected chi connectivity index (χ3v) is 4.51. The Labute approximate surface area is 115 Å². The van der Waals surface area contributed by atoms with Crippen LogP contribution in [0.2, 0.25) is 0 Å². The SMILES string of the molecule is c1ccc(CCNCC2CCC3(CCCC3)O2)nc1. The van der Waals surface area contributed by atoms with Crippen molar-refractivity contribution in [3.05, 3.63) is 30.1 Å². The zero-order valence-electron chi connectivity index (χ0n) is 11.6. The van der Waals surface area contributed by atoms with Crippen LogP contribution in [-0.2, 0) is 11.2 Å². The Morgan fingerprint density at radius 1 is 1.26 bits per heavy atom. The molecule has 1 unspecified atom stereocenters. The van der Waals surface area contributed by atoms with Crippen LogP contribution < -0.4 is 5.32 Å². The molecular weight excluding hydrogens is 236 g/mol. The minimum atomic E-state index is 0.271. The number of nitrogens with zero attached hydrogens (tertiary/aromatic N) is 1. The molecule has 2 aliphatic rings. The summed E-state index contributed by atoms with van der Waals surface area (Å²) in [5.41, 5.74) is 1.43. The summed E-state index contributed by atoms with van der Waals surface area (Å²) in [5.74, 6) is 0. The van der Waals surface area contributed by atoms with Gasteiger partial charge in [0.15, 0.2) is 0 Å². The van der Waals surface area contributed by atoms with Crippen LogP contribution in [0.15, 0.2) is 24.4 Å². The fourth-order valence-corrected chi connectivity index (χ4v) is 3.45. The largest absolute Gasteiger partial charge is 0.370 e. The lowest BCUT2D eigenvalue weighted by atomic mass is 9.98. The van der Waals surface area contributed by atoms with Crippen LogP contribution >= 0.6 is 0 Å². The van der Waals surface area contributed by atoms with E-state index in [1.807, 2.05) is 18.3 Å². The molecule has 1 aromatic heterocycles. The second-order valence-electron chi connectivity index (χ2n) is 5.94. The molecule has 0 amide bonds. The predicted octanol–water partition coefficient (Wildman–Crippen LogP) is 2.71. The molecule has 2 fully saturated rings. The lowest BCUT2D eigenvalue weighted by Gasteiger charge is -2.23. The van der Waals surface area contributed by atoms with E-state index in [-0.39, 0.29) is 5.60 Å². The summed E-state index contributed by atoms with van der Waals surface area (Å²) in [4.78, 5) is 4.33. The molecule has 3 rings (SSSR count). The van der Waals surface area contributed by atoms with Gasteiger partial charge in [-0.15, -0.1) is 0 Å². The highest BCUT2D eigenvalue weighted by atomic mass is 16.5. The first-order valence-electron chi connectivity index (χ1n) is 7.65. The maximum absolute atomic E-state index is 6.28. The van der Waals surface area contributed by atoms with Gasteiger partial charge in [-0.2, -0.15) is 0 Å². The zero-order valence-corrected chi connectivity index (χ0v) is 11.6. The van der Waals surface area contributed by atoms with E-state index in [1.54, 1.807) is 0 Å². The molecule has 3 heteroatoms. The van der Waals surface area contributed by atoms with Gasteiger partial charge in [-0.1, -0.05) is 18.9 Å². The summed E-state index contributed by atoms with van der Waals surface area (Å²) in [6, 6.07) is 6.10. The van der Waals surface area contributed by atoms with Crippen LogP contribution in [0, 0.1) is 0 Å². The van der Waals surface area contributed by atoms with Crippen LogP contribution in [0.1, 0.15) is 44.2 Å². The molecule has 1 aliphatic heterocycles. The Hall–Kier alpha value is -0.930. The molecule has 1 aliphatic carbocycles. The summed E-state index contributed by atoms with van der Waals surface area (Å²) < 4.78 is 6.28. The van der Waals surface area contributed by atoms with E-state index in [9.17, 15) is 0 Å². The quantitative estimate of drug-likeness (QED) is 0.827. The Bertz CT molecular complexity index is 387. The molecule has 1 N–H and O–H groups in total. The Morgan fingerprint density at radius 2 is 2.16 bits per heavy atom. The molecule has 3 nitrogen and oxygen atoms in total. The third-order valence-electron chi connectivity index (χ3n) is 4.51. The Kier molecular flexibility index (Phi) is 4.14. The highest BCUT2D eigenvalue weighted by Crippen LogP contribution is 2.43. The van der Waals surface area contributed by atoms with Crippen molar-refractivity contribution in [2.45, 2.75) is 56.7 Å². The number of hydrogen-bond donors (Lipinski definition) is 1. The van der Waals surface area contributed by atoms with Gasteiger partial charge in [-0.05, 0) is 37.8 Å². The van der Waals surface area contributed by atoms with Crippen LogP contribution in [0.5, 0.6) is 0 Å². The van der Waals surface area contributed by atoms with Crippen LogP contribution in [-0.4, -0.2) is 29.8 Å². The lowest BCUT2D eigenvalue weighted by molar-refractivity contribution is -0.0349. The second-order valence-corrected chi connectivity index (χ2v) is 5.94. The molecular formula is C16H24N2O. The highest BCUT2D eigenvalue weighted by molar-refractivity contribution is 5.03. The van der Waals surface area contributed by atoms with Crippen molar-refractivity contribution in [2.75, 3.05) is 13.1 Å². The van der Waals surface area contributed by atoms with Crippen molar-refractivity contribution >= 4 is 0 Å². The topological polar surface area (TPSA) is 34.1 Å². The van der Waals surface area contributed by atoms with E-state index >= 15 is 0 Å². The summed E-state index contributed by atoms with van der Waals surface area (Å²) in [6.07, 6.45) is 11.1. The average molecular weight is 260 g/mol. The van der Waals surface area contributed by atoms with Crippen LogP contribution in [0.4, 0.5) is 0 Å². The zero-order chi connectivity index (χ0) is 13.0. The van der Waals surface area contributed by atoms with Crippen molar-refractivity contribution in [1.82, 2.24) is 10.3 Å². The number of aromatic nitrogens is 1. The Morgan fingerprint density at radius 3 is 2.95 bits per heavy atom. The molecule has 1 atom stereocenters. The minimum absolute atomic E-state index is 0.271. The molecule has 2 heterocycles. The number of hydrogen-bond acceptors (Lipinski definition) is 3. The number of rotatable bonds is 5. The van der Waals surface area contributed by atoms with E-state index in [2.05, 4.69) is 16.4 Å². The van der Waals surface area contributed by atoms with Gasteiger partial charge in [0.25, 0.3) is 0 Å². The molecule has 0 bridgehead atoms. The lowest BCUT2D eigenvalue weighted by Crippen LogP contribution is -2.32. The molecule has 19 heavy (non-hydrogen) atoms. The molecule has 1 aromatic rings. The first-order chi connectivity index (χ1) is 9.36. The van der Waals surface area contributed by atoms with Gasteiger partial charge in [-0.25, -0.2) is 0 Å². The first kappa shape index (κ1) is 13.1. The summed E-state index contributed by atoms with van der Waals surface area (Å²) >= 11 is 0. The first-order valence-corrected chi connectivity index (χ1v) is 7.65. The summed E-state index contributed by atoms with van der Waals surface area (Å²) in [5, 5.41) is 3.52. The highest BCUT2D eigenvalue weighted by Gasteiger charge is 2.41. The summed E-state index contributed by atoms with van der Waals surface area (Å²) in [7, 11) is 0. The van der Waals surface area contributed by atoms with Gasteiger partial charge in [0, 0.05) is 31.4 Å². The molecule has 1 spiro atoms. The normalized spacial score (nSPS) is 25.2. The van der Waals surface area contributed by atoms with Crippen LogP contribution in [0.25, 0.3) is 0 Å². The summed E-state index contributed by atoms with van der Waals surface area (Å²) in [6.45, 7) is 1.98. The molecule has 0 aromatic carbocycles. The predicted molar refractivity (Wildman–Crippen MR) is 76.1 cm³/mol. The fraction of sp³-hybridized carbons (Fsp3) is 0.688. The maximum Gasteiger partial charge on any atom is 0.0708 e. The van der Waals surface area contributed by atoms with Gasteiger partial charge in [0.2, 0.25) is 0 Å². The van der Waals surface area contributed by atoms with Crippen LogP contribution in [0.3, 0.4) is 0 Å². The maximum atomic E-state index is 6.28. The second kappa shape index (κ2) is 6.02. The molecule has 1 saturated heterocycles. The van der Waals surface area contributed by atoms with E-state index in [0.717, 1.165) is 25.2 Å². The van der Waals surface area contributed by atoms with Crippen molar-refractivity contribution in [3.63, 3.8) is 0 Å². The smallest absolute Gasteiger partial charge is 0.0708 e. The standard InChI is InChI=1S/C16H24N2O/c1-4-11-18-14(5-1)7-12-17-13-15-6-10-16(19-15)8-2-3-9-16/h1,4-5,11,15,17H,2-3,6-10,12-13H2. The van der Waals surface area contributed by atoms with E-state index in [0.29, 0.717) is 6.10 Å². The number of nitrogens with one attached hydrogen (secondary N) is 1. The third kappa shape index (κ3) is 3.34. The fourth-order valence-electron chi connectivity index (χ4n) is 3.45. The molecule has 1 saturated carbocycles. The van der Waals surface area contributed by atoms with Gasteiger partial charge >= 0.3 is 0 Å². The van der Waals surface area contributed by atoms with Crippen molar-refractivity contribution in [2.24, 2.45) is 0 Å². The van der Waals surface area contributed by atoms with Gasteiger partial charge < -0.3 is 10.1 Å². The average Bonchev–Trinajstić information content (AvgIpc) is 3.07. The Balaban J connectivity index is 1.35. The van der Waals surface area contributed by atoms with Gasteiger partial charge in [0.1, 0.15) is 0 Å². The van der Waals surface area contributed by atoms with E-state index in [4.69, 9.17) is 4.74 Å². The van der Waals surface area contributed by atoms with Crippen molar-refractivity contribution in [3.8, 4) is 0 Å². The van der Waals surface area contributed by atoms with Gasteiger partial charge in [-0.3, -0.25) is 4.98 Å². The van der Waals surface area contributed by atoms with E-state index in [1.165, 1.54) is 38.5 Å².